The molecular weight excluding hydrogens is 348 g/mol. The molecule has 0 radical (unpaired) electrons. The number of hydrogen-bond donors (Lipinski definition) is 2. The normalized spacial score (nSPS) is 20.1. The molecular formula is C14H14N6O4S. The number of aromatic amines is 1. The highest BCUT2D eigenvalue weighted by Gasteiger charge is 2.45. The Morgan fingerprint density at radius 1 is 1.16 bits per heavy atom. The number of carbonyl (C=O) groups is 2. The lowest BCUT2D eigenvalue weighted by Crippen LogP contribution is -2.60. The lowest BCUT2D eigenvalue weighted by Gasteiger charge is -2.28. The van der Waals surface area contributed by atoms with Gasteiger partial charge < -0.3 is 4.98 Å². The molecule has 0 bridgehead atoms. The molecule has 2 amide bonds. The van der Waals surface area contributed by atoms with E-state index in [9.17, 15) is 18.0 Å². The summed E-state index contributed by atoms with van der Waals surface area (Å²) in [6, 6.07) is 6.04. The molecule has 1 aliphatic rings. The van der Waals surface area contributed by atoms with E-state index in [1.54, 1.807) is 36.8 Å². The number of anilines is 1. The van der Waals surface area contributed by atoms with E-state index in [4.69, 9.17) is 0 Å². The number of amides is 2. The van der Waals surface area contributed by atoms with Crippen molar-refractivity contribution in [2.75, 3.05) is 4.31 Å². The van der Waals surface area contributed by atoms with E-state index in [2.05, 4.69) is 20.2 Å². The number of azo groups is 1. The molecule has 130 valence electrons. The van der Waals surface area contributed by atoms with E-state index in [1.807, 2.05) is 0 Å². The van der Waals surface area contributed by atoms with E-state index in [-0.39, 0.29) is 11.6 Å². The van der Waals surface area contributed by atoms with Crippen LogP contribution in [0.4, 0.5) is 11.6 Å². The van der Waals surface area contributed by atoms with Crippen molar-refractivity contribution in [3.63, 3.8) is 0 Å². The number of aromatic nitrogens is 2. The van der Waals surface area contributed by atoms with Gasteiger partial charge in [-0.25, -0.2) is 9.71 Å². The van der Waals surface area contributed by atoms with Crippen LogP contribution < -0.4 is 9.03 Å². The van der Waals surface area contributed by atoms with Gasteiger partial charge in [0.2, 0.25) is 12.0 Å². The summed E-state index contributed by atoms with van der Waals surface area (Å²) in [7, 11) is -4.33. The van der Waals surface area contributed by atoms with Gasteiger partial charge in [-0.15, -0.1) is 5.11 Å². The zero-order valence-corrected chi connectivity index (χ0v) is 14.1. The summed E-state index contributed by atoms with van der Waals surface area (Å²) in [5.74, 6) is -1.96. The summed E-state index contributed by atoms with van der Waals surface area (Å²) < 4.78 is 26.6. The number of imidazole rings is 1. The van der Waals surface area contributed by atoms with Gasteiger partial charge in [0.15, 0.2) is 0 Å². The first-order chi connectivity index (χ1) is 11.8. The van der Waals surface area contributed by atoms with Crippen molar-refractivity contribution in [1.29, 1.82) is 0 Å². The maximum absolute atomic E-state index is 12.5. The first-order valence-corrected chi connectivity index (χ1v) is 8.63. The molecule has 1 atom stereocenters. The van der Waals surface area contributed by atoms with E-state index < -0.39 is 28.1 Å². The largest absolute Gasteiger partial charge is 0.332 e. The lowest BCUT2D eigenvalue weighted by molar-refractivity contribution is -0.129. The number of carbonyl (C=O) groups excluding carboxylic acids is 2. The van der Waals surface area contributed by atoms with Crippen molar-refractivity contribution in [3.8, 4) is 0 Å². The minimum atomic E-state index is -4.33. The van der Waals surface area contributed by atoms with Crippen LogP contribution in [-0.4, -0.2) is 36.2 Å². The van der Waals surface area contributed by atoms with Gasteiger partial charge in [0, 0.05) is 5.69 Å². The average Bonchev–Trinajstić information content (AvgIpc) is 2.85. The molecule has 3 rings (SSSR count). The number of nitrogens with one attached hydrogen (secondary N) is 2. The van der Waals surface area contributed by atoms with Crippen LogP contribution in [0.15, 0.2) is 40.6 Å². The van der Waals surface area contributed by atoms with Gasteiger partial charge in [-0.2, -0.15) is 17.8 Å². The van der Waals surface area contributed by atoms with Crippen molar-refractivity contribution in [2.45, 2.75) is 19.9 Å². The maximum Gasteiger partial charge on any atom is 0.332 e. The zero-order chi connectivity index (χ0) is 18.2. The topological polar surface area (TPSA) is 137 Å². The molecule has 1 aliphatic heterocycles. The molecule has 11 heteroatoms. The summed E-state index contributed by atoms with van der Waals surface area (Å²) in [4.78, 5) is 31.4. The summed E-state index contributed by atoms with van der Waals surface area (Å²) in [6.45, 7) is 3.54. The number of aryl methyl sites for hydroxylation is 2. The highest BCUT2D eigenvalue weighted by Crippen LogP contribution is 2.23. The molecule has 0 spiro atoms. The van der Waals surface area contributed by atoms with Gasteiger partial charge in [0.1, 0.15) is 0 Å². The molecule has 2 N–H and O–H groups in total. The van der Waals surface area contributed by atoms with Gasteiger partial charge in [0.05, 0.1) is 11.4 Å². The van der Waals surface area contributed by atoms with Crippen molar-refractivity contribution >= 4 is 33.7 Å². The monoisotopic (exact) mass is 362 g/mol. The second kappa shape index (κ2) is 6.09. The Labute approximate surface area is 143 Å². The smallest absolute Gasteiger partial charge is 0.325 e. The van der Waals surface area contributed by atoms with E-state index >= 15 is 0 Å². The summed E-state index contributed by atoms with van der Waals surface area (Å²) in [6.07, 6.45) is 0. The second-order valence-electron chi connectivity index (χ2n) is 5.30. The minimum Gasteiger partial charge on any atom is -0.325 e. The van der Waals surface area contributed by atoms with Crippen LogP contribution in [0.2, 0.25) is 0 Å². The molecule has 1 saturated heterocycles. The molecule has 1 unspecified atom stereocenters. The standard InChI is InChI=1S/C14H14N6O4S/c1-8-9(2)16-14(15-8)18-17-11-12(21)19-25(23,24)20(13(11)22)10-6-4-3-5-7-10/h3-7,11H,1-2H3,(H,15,16)(H,19,21). The fourth-order valence-corrected chi connectivity index (χ4v) is 3.38. The van der Waals surface area contributed by atoms with Gasteiger partial charge in [-0.3, -0.25) is 9.59 Å². The van der Waals surface area contributed by atoms with Crippen molar-refractivity contribution < 1.29 is 18.0 Å². The van der Waals surface area contributed by atoms with E-state index in [0.717, 1.165) is 5.69 Å². The zero-order valence-electron chi connectivity index (χ0n) is 13.3. The van der Waals surface area contributed by atoms with Crippen LogP contribution in [0.25, 0.3) is 0 Å². The van der Waals surface area contributed by atoms with Crippen molar-refractivity contribution in [3.05, 3.63) is 41.7 Å². The molecule has 1 aromatic carbocycles. The quantitative estimate of drug-likeness (QED) is 0.617. The first-order valence-electron chi connectivity index (χ1n) is 7.19. The van der Waals surface area contributed by atoms with Gasteiger partial charge in [0.25, 0.3) is 11.8 Å². The molecule has 25 heavy (non-hydrogen) atoms. The van der Waals surface area contributed by atoms with Crippen LogP contribution in [-0.2, 0) is 19.8 Å². The van der Waals surface area contributed by atoms with Gasteiger partial charge >= 0.3 is 10.2 Å². The Hall–Kier alpha value is -3.08. The van der Waals surface area contributed by atoms with E-state index in [0.29, 0.717) is 10.00 Å². The van der Waals surface area contributed by atoms with Crippen LogP contribution in [0.5, 0.6) is 0 Å². The number of hydrogen-bond acceptors (Lipinski definition) is 7. The molecule has 2 heterocycles. The molecule has 1 fully saturated rings. The van der Waals surface area contributed by atoms with E-state index in [1.165, 1.54) is 12.1 Å². The summed E-state index contributed by atoms with van der Waals surface area (Å²) >= 11 is 0. The maximum atomic E-state index is 12.5. The summed E-state index contributed by atoms with van der Waals surface area (Å²) in [5.41, 5.74) is 1.56. The van der Waals surface area contributed by atoms with Crippen molar-refractivity contribution in [2.24, 2.45) is 10.2 Å². The minimum absolute atomic E-state index is 0.0948. The predicted molar refractivity (Wildman–Crippen MR) is 87.4 cm³/mol. The highest BCUT2D eigenvalue weighted by molar-refractivity contribution is 7.92. The fraction of sp³-hybridized carbons (Fsp3) is 0.214. The first kappa shape index (κ1) is 16.8. The Morgan fingerprint density at radius 2 is 1.84 bits per heavy atom. The fourth-order valence-electron chi connectivity index (χ4n) is 2.19. The predicted octanol–water partition coefficient (Wildman–Crippen LogP) is 0.887. The molecule has 0 saturated carbocycles. The average molecular weight is 362 g/mol. The third-order valence-electron chi connectivity index (χ3n) is 3.53. The van der Waals surface area contributed by atoms with Crippen LogP contribution in [0.1, 0.15) is 11.4 Å². The van der Waals surface area contributed by atoms with Crippen LogP contribution in [0.3, 0.4) is 0 Å². The number of rotatable bonds is 3. The Kier molecular flexibility index (Phi) is 4.08. The lowest BCUT2D eigenvalue weighted by atomic mass is 10.2. The molecule has 2 aromatic rings. The molecule has 0 aliphatic carbocycles. The van der Waals surface area contributed by atoms with Crippen LogP contribution in [0, 0.1) is 13.8 Å². The number of benzene rings is 1. The number of para-hydroxylation sites is 1. The Balaban J connectivity index is 1.95. The number of nitrogens with zero attached hydrogens (tertiary/aromatic N) is 4. The molecule has 10 nitrogen and oxygen atoms in total. The third kappa shape index (κ3) is 3.13. The van der Waals surface area contributed by atoms with Crippen molar-refractivity contribution in [1.82, 2.24) is 14.7 Å². The number of H-pyrrole nitrogens is 1. The van der Waals surface area contributed by atoms with Gasteiger partial charge in [-0.05, 0) is 26.0 Å². The van der Waals surface area contributed by atoms with Gasteiger partial charge in [-0.1, -0.05) is 18.2 Å². The van der Waals surface area contributed by atoms with Crippen LogP contribution >= 0.6 is 0 Å². The highest BCUT2D eigenvalue weighted by atomic mass is 32.2. The molecule has 1 aromatic heterocycles. The SMILES string of the molecule is Cc1nc(N=NC2C(=O)NS(=O)(=O)N(c3ccccc3)C2=O)[nH]c1C. The second-order valence-corrected chi connectivity index (χ2v) is 6.82. The third-order valence-corrected chi connectivity index (χ3v) is 4.86. The summed E-state index contributed by atoms with van der Waals surface area (Å²) in [5, 5.41) is 7.42. The Morgan fingerprint density at radius 3 is 2.44 bits per heavy atom. The Bertz CT molecular complexity index is 947.